The molecule has 0 fully saturated rings. The lowest BCUT2D eigenvalue weighted by Gasteiger charge is -2.17. The average Bonchev–Trinajstić information content (AvgIpc) is 2.91. The molecule has 2 aromatic heterocycles. The van der Waals surface area contributed by atoms with Gasteiger partial charge < -0.3 is 10.5 Å². The second-order valence-corrected chi connectivity index (χ2v) is 4.62. The van der Waals surface area contributed by atoms with Crippen LogP contribution in [0.5, 0.6) is 5.75 Å². The lowest BCUT2D eigenvalue weighted by atomic mass is 10.2. The first-order chi connectivity index (χ1) is 9.78. The molecule has 0 spiro atoms. The Balaban J connectivity index is 1.95. The van der Waals surface area contributed by atoms with Gasteiger partial charge in [0, 0.05) is 36.9 Å². The minimum absolute atomic E-state index is 0.226. The number of para-hydroxylation sites is 1. The number of aryl methyl sites for hydroxylation is 1. The molecule has 0 aliphatic heterocycles. The summed E-state index contributed by atoms with van der Waals surface area (Å²) in [7, 11) is 1.87. The Hall–Kier alpha value is -2.40. The van der Waals surface area contributed by atoms with E-state index in [1.54, 1.807) is 17.1 Å². The predicted molar refractivity (Wildman–Crippen MR) is 77.4 cm³/mol. The Morgan fingerprint density at radius 3 is 2.90 bits per heavy atom. The Morgan fingerprint density at radius 1 is 1.30 bits per heavy atom. The highest BCUT2D eigenvalue weighted by atomic mass is 16.5. The summed E-state index contributed by atoms with van der Waals surface area (Å²) in [6, 6.07) is 9.80. The van der Waals surface area contributed by atoms with E-state index >= 15 is 0 Å². The predicted octanol–water partition coefficient (Wildman–Crippen LogP) is 2.05. The third-order valence-electron chi connectivity index (χ3n) is 3.18. The van der Waals surface area contributed by atoms with Crippen LogP contribution < -0.4 is 10.5 Å². The van der Waals surface area contributed by atoms with Gasteiger partial charge in [-0.25, -0.2) is 0 Å². The number of rotatable bonds is 4. The molecule has 1 aromatic carbocycles. The highest BCUT2D eigenvalue weighted by Gasteiger charge is 2.15. The molecule has 2 N–H and O–H groups in total. The first kappa shape index (κ1) is 12.6. The van der Waals surface area contributed by atoms with Crippen molar-refractivity contribution < 1.29 is 4.74 Å². The van der Waals surface area contributed by atoms with Gasteiger partial charge in [-0.15, -0.1) is 0 Å². The number of nitrogens with two attached hydrogens (primary N) is 1. The zero-order chi connectivity index (χ0) is 13.9. The number of benzene rings is 1. The van der Waals surface area contributed by atoms with Gasteiger partial charge in [-0.3, -0.25) is 9.67 Å². The number of fused-ring (bicyclic) bond motifs is 1. The molecule has 0 amide bonds. The summed E-state index contributed by atoms with van der Waals surface area (Å²) in [5, 5.41) is 5.20. The van der Waals surface area contributed by atoms with Crippen LogP contribution in [0.2, 0.25) is 0 Å². The lowest BCUT2D eigenvalue weighted by Crippen LogP contribution is -2.18. The lowest BCUT2D eigenvalue weighted by molar-refractivity contribution is 0.216. The maximum atomic E-state index is 6.04. The van der Waals surface area contributed by atoms with Crippen molar-refractivity contribution in [2.75, 3.05) is 6.54 Å². The van der Waals surface area contributed by atoms with Gasteiger partial charge in [0.2, 0.25) is 0 Å². The van der Waals surface area contributed by atoms with E-state index in [9.17, 15) is 0 Å². The van der Waals surface area contributed by atoms with Crippen molar-refractivity contribution in [2.45, 2.75) is 6.10 Å². The molecule has 3 aromatic rings. The smallest absolute Gasteiger partial charge is 0.146 e. The fraction of sp³-hybridized carbons (Fsp3) is 0.200. The highest BCUT2D eigenvalue weighted by molar-refractivity contribution is 5.84. The fourth-order valence-corrected chi connectivity index (χ4v) is 2.18. The summed E-state index contributed by atoms with van der Waals surface area (Å²) in [6.07, 6.45) is 5.22. The summed E-state index contributed by atoms with van der Waals surface area (Å²) < 4.78 is 7.77. The van der Waals surface area contributed by atoms with Crippen molar-refractivity contribution in [2.24, 2.45) is 12.8 Å². The Labute approximate surface area is 117 Å². The molecule has 0 radical (unpaired) electrons. The quantitative estimate of drug-likeness (QED) is 0.786. The summed E-state index contributed by atoms with van der Waals surface area (Å²) in [6.45, 7) is 0.384. The second-order valence-electron chi connectivity index (χ2n) is 4.62. The number of aromatic nitrogens is 3. The van der Waals surface area contributed by atoms with Crippen LogP contribution in [0.1, 0.15) is 11.7 Å². The first-order valence-electron chi connectivity index (χ1n) is 6.47. The number of hydrogen-bond donors (Lipinski definition) is 1. The van der Waals surface area contributed by atoms with Gasteiger partial charge in [-0.1, -0.05) is 18.2 Å². The van der Waals surface area contributed by atoms with Crippen LogP contribution in [-0.2, 0) is 7.05 Å². The Morgan fingerprint density at radius 2 is 2.15 bits per heavy atom. The van der Waals surface area contributed by atoms with Crippen LogP contribution in [0.15, 0.2) is 48.9 Å². The maximum Gasteiger partial charge on any atom is 0.146 e. The van der Waals surface area contributed by atoms with Crippen LogP contribution in [0, 0.1) is 0 Å². The van der Waals surface area contributed by atoms with E-state index in [1.165, 1.54) is 0 Å². The molecular formula is C15H16N4O. The summed E-state index contributed by atoms with van der Waals surface area (Å²) >= 11 is 0. The number of nitrogens with zero attached hydrogens (tertiary/aromatic N) is 3. The molecule has 3 rings (SSSR count). The fourth-order valence-electron chi connectivity index (χ4n) is 2.18. The van der Waals surface area contributed by atoms with Crippen molar-refractivity contribution in [1.29, 1.82) is 0 Å². The van der Waals surface area contributed by atoms with Gasteiger partial charge in [-0.2, -0.15) is 5.10 Å². The summed E-state index contributed by atoms with van der Waals surface area (Å²) in [4.78, 5) is 4.38. The molecule has 2 heterocycles. The zero-order valence-electron chi connectivity index (χ0n) is 11.2. The van der Waals surface area contributed by atoms with Gasteiger partial charge in [0.05, 0.1) is 6.20 Å². The van der Waals surface area contributed by atoms with Crippen molar-refractivity contribution >= 4 is 10.9 Å². The topological polar surface area (TPSA) is 66.0 Å². The minimum Gasteiger partial charge on any atom is -0.482 e. The zero-order valence-corrected chi connectivity index (χ0v) is 11.2. The molecule has 5 nitrogen and oxygen atoms in total. The molecular weight excluding hydrogens is 252 g/mol. The summed E-state index contributed by atoms with van der Waals surface area (Å²) in [5.41, 5.74) is 7.63. The SMILES string of the molecule is Cn1cc(C(CN)Oc2cccc3cccnc23)cn1. The number of ether oxygens (including phenoxy) is 1. The normalized spacial score (nSPS) is 12.5. The van der Waals surface area contributed by atoms with Crippen molar-refractivity contribution in [3.8, 4) is 5.75 Å². The van der Waals surface area contributed by atoms with E-state index in [0.29, 0.717) is 6.54 Å². The monoisotopic (exact) mass is 268 g/mol. The molecule has 0 bridgehead atoms. The van der Waals surface area contributed by atoms with E-state index in [2.05, 4.69) is 10.1 Å². The standard InChI is InChI=1S/C15H16N4O/c1-19-10-12(9-18-19)14(8-16)20-13-6-2-4-11-5-3-7-17-15(11)13/h2-7,9-10,14H,8,16H2,1H3. The van der Waals surface area contributed by atoms with Crippen LogP contribution in [-0.4, -0.2) is 21.3 Å². The third kappa shape index (κ3) is 2.35. The third-order valence-corrected chi connectivity index (χ3v) is 3.18. The van der Waals surface area contributed by atoms with Gasteiger partial charge in [0.25, 0.3) is 0 Å². The molecule has 0 aliphatic rings. The van der Waals surface area contributed by atoms with E-state index in [-0.39, 0.29) is 6.10 Å². The molecule has 102 valence electrons. The Kier molecular flexibility index (Phi) is 3.35. The van der Waals surface area contributed by atoms with Crippen LogP contribution >= 0.6 is 0 Å². The van der Waals surface area contributed by atoms with Crippen LogP contribution in [0.25, 0.3) is 10.9 Å². The molecule has 1 unspecified atom stereocenters. The largest absolute Gasteiger partial charge is 0.482 e. The van der Waals surface area contributed by atoms with Crippen molar-refractivity contribution in [1.82, 2.24) is 14.8 Å². The van der Waals surface area contributed by atoms with E-state index in [4.69, 9.17) is 10.5 Å². The van der Waals surface area contributed by atoms with Crippen LogP contribution in [0.3, 0.4) is 0 Å². The first-order valence-corrected chi connectivity index (χ1v) is 6.47. The number of hydrogen-bond acceptors (Lipinski definition) is 4. The van der Waals surface area contributed by atoms with Gasteiger partial charge in [-0.05, 0) is 12.1 Å². The van der Waals surface area contributed by atoms with Gasteiger partial charge in [0.15, 0.2) is 0 Å². The van der Waals surface area contributed by atoms with Crippen molar-refractivity contribution in [3.63, 3.8) is 0 Å². The maximum absolute atomic E-state index is 6.04. The molecule has 1 atom stereocenters. The molecule has 0 aliphatic carbocycles. The average molecular weight is 268 g/mol. The Bertz CT molecular complexity index is 717. The second kappa shape index (κ2) is 5.30. The van der Waals surface area contributed by atoms with E-state index in [0.717, 1.165) is 22.2 Å². The van der Waals surface area contributed by atoms with Crippen molar-refractivity contribution in [3.05, 3.63) is 54.5 Å². The minimum atomic E-state index is -0.226. The molecule has 0 saturated carbocycles. The molecule has 5 heteroatoms. The van der Waals surface area contributed by atoms with Gasteiger partial charge >= 0.3 is 0 Å². The highest BCUT2D eigenvalue weighted by Crippen LogP contribution is 2.27. The molecule has 20 heavy (non-hydrogen) atoms. The summed E-state index contributed by atoms with van der Waals surface area (Å²) in [5.74, 6) is 0.738. The number of pyridine rings is 1. The van der Waals surface area contributed by atoms with E-state index in [1.807, 2.05) is 43.6 Å². The van der Waals surface area contributed by atoms with E-state index < -0.39 is 0 Å². The van der Waals surface area contributed by atoms with Gasteiger partial charge in [0.1, 0.15) is 17.4 Å². The van der Waals surface area contributed by atoms with Crippen LogP contribution in [0.4, 0.5) is 0 Å². The molecule has 0 saturated heterocycles.